The molecule has 16 heavy (non-hydrogen) atoms. The molecule has 1 aliphatic heterocycles. The Morgan fingerprint density at radius 2 is 2.12 bits per heavy atom. The van der Waals surface area contributed by atoms with E-state index in [4.69, 9.17) is 4.74 Å². The standard InChI is InChI=1S/C12H23NO3/c1-9(10(2)16-4)13-7-5-6-12(3,8-13)11(14)15/h9-10H,5-8H2,1-4H3,(H,14,15). The van der Waals surface area contributed by atoms with E-state index in [0.29, 0.717) is 6.54 Å². The third-order valence-electron chi connectivity index (χ3n) is 3.87. The molecule has 0 aromatic carbocycles. The number of carboxylic acids is 1. The maximum Gasteiger partial charge on any atom is 0.310 e. The van der Waals surface area contributed by atoms with E-state index in [1.165, 1.54) is 0 Å². The van der Waals surface area contributed by atoms with E-state index in [1.807, 2.05) is 13.8 Å². The number of carbonyl (C=O) groups is 1. The van der Waals surface area contributed by atoms with E-state index < -0.39 is 11.4 Å². The molecule has 0 aliphatic carbocycles. The predicted octanol–water partition coefficient (Wildman–Crippen LogP) is 1.60. The van der Waals surface area contributed by atoms with Gasteiger partial charge in [-0.15, -0.1) is 0 Å². The normalized spacial score (nSPS) is 31.0. The quantitative estimate of drug-likeness (QED) is 0.795. The smallest absolute Gasteiger partial charge is 0.310 e. The van der Waals surface area contributed by atoms with Crippen molar-refractivity contribution in [3.05, 3.63) is 0 Å². The number of hydrogen-bond donors (Lipinski definition) is 1. The van der Waals surface area contributed by atoms with Crippen LogP contribution in [0, 0.1) is 5.41 Å². The predicted molar refractivity (Wildman–Crippen MR) is 62.5 cm³/mol. The molecule has 0 bridgehead atoms. The molecular formula is C12H23NO3. The summed E-state index contributed by atoms with van der Waals surface area (Å²) in [4.78, 5) is 13.5. The average molecular weight is 229 g/mol. The summed E-state index contributed by atoms with van der Waals surface area (Å²) in [6.45, 7) is 7.56. The van der Waals surface area contributed by atoms with Crippen molar-refractivity contribution in [1.82, 2.24) is 4.90 Å². The molecule has 4 heteroatoms. The Labute approximate surface area is 97.6 Å². The minimum Gasteiger partial charge on any atom is -0.481 e. The minimum atomic E-state index is -0.686. The Kier molecular flexibility index (Phi) is 4.33. The first-order chi connectivity index (χ1) is 7.40. The molecule has 0 aromatic rings. The Bertz CT molecular complexity index is 257. The molecule has 1 N–H and O–H groups in total. The molecule has 1 saturated heterocycles. The summed E-state index contributed by atoms with van der Waals surface area (Å²) in [5.74, 6) is -0.686. The number of aliphatic carboxylic acids is 1. The Morgan fingerprint density at radius 1 is 1.50 bits per heavy atom. The highest BCUT2D eigenvalue weighted by Crippen LogP contribution is 2.31. The van der Waals surface area contributed by atoms with Crippen LogP contribution in [0.2, 0.25) is 0 Å². The number of nitrogens with zero attached hydrogens (tertiary/aromatic N) is 1. The second-order valence-electron chi connectivity index (χ2n) is 5.12. The molecule has 3 unspecified atom stereocenters. The molecule has 0 amide bonds. The van der Waals surface area contributed by atoms with Crippen LogP contribution in [-0.2, 0) is 9.53 Å². The van der Waals surface area contributed by atoms with Crippen LogP contribution in [0.25, 0.3) is 0 Å². The highest BCUT2D eigenvalue weighted by Gasteiger charge is 2.39. The Balaban J connectivity index is 2.67. The molecule has 3 atom stereocenters. The molecule has 1 aliphatic rings. The lowest BCUT2D eigenvalue weighted by molar-refractivity contribution is -0.152. The van der Waals surface area contributed by atoms with Gasteiger partial charge in [0.05, 0.1) is 11.5 Å². The lowest BCUT2D eigenvalue weighted by Crippen LogP contribution is -2.52. The number of ether oxygens (including phenoxy) is 1. The molecule has 0 radical (unpaired) electrons. The van der Waals surface area contributed by atoms with Crippen LogP contribution in [0.5, 0.6) is 0 Å². The van der Waals surface area contributed by atoms with E-state index >= 15 is 0 Å². The van der Waals surface area contributed by atoms with Crippen molar-refractivity contribution >= 4 is 5.97 Å². The van der Waals surface area contributed by atoms with Crippen molar-refractivity contribution in [2.24, 2.45) is 5.41 Å². The second kappa shape index (κ2) is 5.15. The first-order valence-corrected chi connectivity index (χ1v) is 5.91. The summed E-state index contributed by atoms with van der Waals surface area (Å²) in [5.41, 5.74) is -0.597. The van der Waals surface area contributed by atoms with Crippen molar-refractivity contribution in [3.8, 4) is 0 Å². The van der Waals surface area contributed by atoms with Gasteiger partial charge >= 0.3 is 5.97 Å². The molecule has 1 fully saturated rings. The zero-order valence-corrected chi connectivity index (χ0v) is 10.7. The summed E-state index contributed by atoms with van der Waals surface area (Å²) >= 11 is 0. The fourth-order valence-corrected chi connectivity index (χ4v) is 2.29. The minimum absolute atomic E-state index is 0.135. The van der Waals surface area contributed by atoms with Gasteiger partial charge in [-0.25, -0.2) is 0 Å². The summed E-state index contributed by atoms with van der Waals surface area (Å²) in [5, 5.41) is 9.23. The number of piperidine rings is 1. The van der Waals surface area contributed by atoms with Crippen LogP contribution < -0.4 is 0 Å². The van der Waals surface area contributed by atoms with Gasteiger partial charge in [-0.05, 0) is 40.2 Å². The fourth-order valence-electron chi connectivity index (χ4n) is 2.29. The molecular weight excluding hydrogens is 206 g/mol. The van der Waals surface area contributed by atoms with Gasteiger partial charge in [-0.1, -0.05) is 0 Å². The van der Waals surface area contributed by atoms with Gasteiger partial charge < -0.3 is 9.84 Å². The zero-order valence-electron chi connectivity index (χ0n) is 10.7. The van der Waals surface area contributed by atoms with Gasteiger partial charge in [0.1, 0.15) is 0 Å². The summed E-state index contributed by atoms with van der Waals surface area (Å²) < 4.78 is 5.30. The number of likely N-dealkylation sites (tertiary alicyclic amines) is 1. The van der Waals surface area contributed by atoms with Crippen molar-refractivity contribution in [2.45, 2.75) is 45.8 Å². The summed E-state index contributed by atoms with van der Waals surface area (Å²) in [6.07, 6.45) is 1.85. The molecule has 0 spiro atoms. The van der Waals surface area contributed by atoms with Gasteiger partial charge in [-0.3, -0.25) is 9.69 Å². The Morgan fingerprint density at radius 3 is 2.62 bits per heavy atom. The van der Waals surface area contributed by atoms with Crippen LogP contribution in [0.15, 0.2) is 0 Å². The van der Waals surface area contributed by atoms with Crippen LogP contribution in [0.3, 0.4) is 0 Å². The van der Waals surface area contributed by atoms with Gasteiger partial charge in [0.25, 0.3) is 0 Å². The SMILES string of the molecule is COC(C)C(C)N1CCCC(C)(C(=O)O)C1. The van der Waals surface area contributed by atoms with Crippen molar-refractivity contribution < 1.29 is 14.6 Å². The topological polar surface area (TPSA) is 49.8 Å². The molecule has 94 valence electrons. The van der Waals surface area contributed by atoms with E-state index in [9.17, 15) is 9.90 Å². The van der Waals surface area contributed by atoms with Crippen molar-refractivity contribution in [1.29, 1.82) is 0 Å². The zero-order chi connectivity index (χ0) is 12.3. The number of rotatable bonds is 4. The van der Waals surface area contributed by atoms with Crippen LogP contribution in [0.4, 0.5) is 0 Å². The Hall–Kier alpha value is -0.610. The highest BCUT2D eigenvalue weighted by molar-refractivity contribution is 5.74. The van der Waals surface area contributed by atoms with Gasteiger partial charge in [0, 0.05) is 19.7 Å². The molecule has 0 aromatic heterocycles. The molecule has 1 heterocycles. The maximum absolute atomic E-state index is 11.2. The molecule has 4 nitrogen and oxygen atoms in total. The molecule has 1 rings (SSSR count). The van der Waals surface area contributed by atoms with Crippen LogP contribution in [0.1, 0.15) is 33.6 Å². The molecule has 0 saturated carbocycles. The first kappa shape index (κ1) is 13.5. The monoisotopic (exact) mass is 229 g/mol. The maximum atomic E-state index is 11.2. The second-order valence-corrected chi connectivity index (χ2v) is 5.12. The lowest BCUT2D eigenvalue weighted by atomic mass is 9.81. The number of carboxylic acid groups (broad SMARTS) is 1. The van der Waals surface area contributed by atoms with Gasteiger partial charge in [0.15, 0.2) is 0 Å². The largest absolute Gasteiger partial charge is 0.481 e. The van der Waals surface area contributed by atoms with Crippen LogP contribution >= 0.6 is 0 Å². The van der Waals surface area contributed by atoms with Gasteiger partial charge in [-0.2, -0.15) is 0 Å². The third kappa shape index (κ3) is 2.74. The van der Waals surface area contributed by atoms with Crippen molar-refractivity contribution in [2.75, 3.05) is 20.2 Å². The van der Waals surface area contributed by atoms with E-state index in [-0.39, 0.29) is 12.1 Å². The lowest BCUT2D eigenvalue weighted by Gasteiger charge is -2.42. The van der Waals surface area contributed by atoms with Crippen LogP contribution in [-0.4, -0.2) is 48.3 Å². The third-order valence-corrected chi connectivity index (χ3v) is 3.87. The van der Waals surface area contributed by atoms with E-state index in [1.54, 1.807) is 7.11 Å². The number of methoxy groups -OCH3 is 1. The van der Waals surface area contributed by atoms with E-state index in [2.05, 4.69) is 11.8 Å². The van der Waals surface area contributed by atoms with Gasteiger partial charge in [0.2, 0.25) is 0 Å². The fraction of sp³-hybridized carbons (Fsp3) is 0.917. The number of hydrogen-bond acceptors (Lipinski definition) is 3. The van der Waals surface area contributed by atoms with Crippen molar-refractivity contribution in [3.63, 3.8) is 0 Å². The average Bonchev–Trinajstić information content (AvgIpc) is 2.27. The highest BCUT2D eigenvalue weighted by atomic mass is 16.5. The van der Waals surface area contributed by atoms with E-state index in [0.717, 1.165) is 19.4 Å². The first-order valence-electron chi connectivity index (χ1n) is 5.91. The summed E-state index contributed by atoms with van der Waals surface area (Å²) in [6, 6.07) is 0.268. The summed E-state index contributed by atoms with van der Waals surface area (Å²) in [7, 11) is 1.70.